The van der Waals surface area contributed by atoms with Gasteiger partial charge in [-0.3, -0.25) is 0 Å². The summed E-state index contributed by atoms with van der Waals surface area (Å²) < 4.78 is 5.13. The Bertz CT molecular complexity index is 355. The van der Waals surface area contributed by atoms with E-state index in [2.05, 4.69) is 14.6 Å². The molecule has 0 radical (unpaired) electrons. The summed E-state index contributed by atoms with van der Waals surface area (Å²) in [6.07, 6.45) is 3.56. The van der Waals surface area contributed by atoms with Gasteiger partial charge in [0.25, 0.3) is 0 Å². The van der Waals surface area contributed by atoms with Crippen molar-refractivity contribution in [3.05, 3.63) is 18.1 Å². The number of aryl methyl sites for hydroxylation is 1. The Morgan fingerprint density at radius 1 is 1.40 bits per heavy atom. The predicted molar refractivity (Wildman–Crippen MR) is 39.9 cm³/mol. The van der Waals surface area contributed by atoms with Crippen molar-refractivity contribution in [3.8, 4) is 0 Å². The Hall–Kier alpha value is -1.03. The third-order valence-electron chi connectivity index (χ3n) is 1.37. The van der Waals surface area contributed by atoms with E-state index in [1.165, 1.54) is 11.5 Å². The van der Waals surface area contributed by atoms with E-state index in [1.54, 1.807) is 6.20 Å². The van der Waals surface area contributed by atoms with Gasteiger partial charge in [-0.15, -0.1) is 0 Å². The second kappa shape index (κ2) is 1.98. The van der Waals surface area contributed by atoms with Crippen LogP contribution < -0.4 is 0 Å². The number of rotatable bonds is 0. The molecule has 4 heteroatoms. The van der Waals surface area contributed by atoms with Crippen molar-refractivity contribution in [2.45, 2.75) is 6.92 Å². The molecule has 0 spiro atoms. The minimum Gasteiger partial charge on any atom is -0.200 e. The van der Waals surface area contributed by atoms with E-state index in [0.717, 1.165) is 15.8 Å². The maximum atomic E-state index is 4.02. The Morgan fingerprint density at radius 3 is 3.10 bits per heavy atom. The van der Waals surface area contributed by atoms with Gasteiger partial charge in [0.2, 0.25) is 0 Å². The van der Waals surface area contributed by atoms with Crippen LogP contribution in [0.1, 0.15) is 5.69 Å². The Labute approximate surface area is 61.9 Å². The SMILES string of the molecule is Cc1nncc2sncc12. The zero-order valence-electron chi connectivity index (χ0n) is 5.40. The van der Waals surface area contributed by atoms with Crippen LogP contribution in [0.4, 0.5) is 0 Å². The first-order valence-electron chi connectivity index (χ1n) is 2.90. The molecule has 50 valence electrons. The molecule has 2 aromatic rings. The van der Waals surface area contributed by atoms with Gasteiger partial charge in [0, 0.05) is 5.39 Å². The van der Waals surface area contributed by atoms with Crippen LogP contribution in [0.25, 0.3) is 10.1 Å². The van der Waals surface area contributed by atoms with Gasteiger partial charge in [-0.2, -0.15) is 14.6 Å². The van der Waals surface area contributed by atoms with E-state index in [4.69, 9.17) is 0 Å². The van der Waals surface area contributed by atoms with Gasteiger partial charge in [-0.05, 0) is 18.5 Å². The molecule has 0 aliphatic heterocycles. The molecule has 0 aliphatic carbocycles. The Balaban J connectivity index is 2.95. The van der Waals surface area contributed by atoms with E-state index in [1.807, 2.05) is 13.1 Å². The summed E-state index contributed by atoms with van der Waals surface area (Å²) in [5.74, 6) is 0. The lowest BCUT2D eigenvalue weighted by molar-refractivity contribution is 1.00. The molecule has 2 aromatic heterocycles. The molecule has 0 N–H and O–H groups in total. The van der Waals surface area contributed by atoms with Crippen molar-refractivity contribution < 1.29 is 0 Å². The monoisotopic (exact) mass is 151 g/mol. The fourth-order valence-electron chi connectivity index (χ4n) is 0.835. The third-order valence-corrected chi connectivity index (χ3v) is 2.10. The molecule has 0 amide bonds. The van der Waals surface area contributed by atoms with Gasteiger partial charge in [0.1, 0.15) is 0 Å². The van der Waals surface area contributed by atoms with Crippen LogP contribution in [-0.2, 0) is 0 Å². The van der Waals surface area contributed by atoms with Crippen LogP contribution in [-0.4, -0.2) is 14.6 Å². The molecule has 0 aliphatic rings. The fourth-order valence-corrected chi connectivity index (χ4v) is 1.50. The zero-order valence-corrected chi connectivity index (χ0v) is 6.22. The minimum atomic E-state index is 0.950. The van der Waals surface area contributed by atoms with Crippen molar-refractivity contribution in [3.63, 3.8) is 0 Å². The highest BCUT2D eigenvalue weighted by atomic mass is 32.1. The number of nitrogens with zero attached hydrogens (tertiary/aromatic N) is 3. The molecule has 0 saturated heterocycles. The molecule has 0 aromatic carbocycles. The van der Waals surface area contributed by atoms with Crippen LogP contribution >= 0.6 is 11.5 Å². The second-order valence-corrected chi connectivity index (χ2v) is 2.87. The number of aromatic nitrogens is 3. The van der Waals surface area contributed by atoms with Crippen LogP contribution in [0.5, 0.6) is 0 Å². The lowest BCUT2D eigenvalue weighted by atomic mass is 10.3. The molecule has 2 rings (SSSR count). The van der Waals surface area contributed by atoms with E-state index in [0.29, 0.717) is 0 Å². The first kappa shape index (κ1) is 5.73. The fraction of sp³-hybridized carbons (Fsp3) is 0.167. The van der Waals surface area contributed by atoms with Gasteiger partial charge in [0.15, 0.2) is 0 Å². The Kier molecular flexibility index (Phi) is 1.14. The lowest BCUT2D eigenvalue weighted by Gasteiger charge is -1.88. The summed E-state index contributed by atoms with van der Waals surface area (Å²) in [6.45, 7) is 1.93. The summed E-state index contributed by atoms with van der Waals surface area (Å²) in [4.78, 5) is 0. The molecule has 2 heterocycles. The van der Waals surface area contributed by atoms with Crippen molar-refractivity contribution in [2.24, 2.45) is 0 Å². The van der Waals surface area contributed by atoms with Gasteiger partial charge in [-0.25, -0.2) is 0 Å². The zero-order chi connectivity index (χ0) is 6.97. The Morgan fingerprint density at radius 2 is 2.30 bits per heavy atom. The predicted octanol–water partition coefficient (Wildman–Crippen LogP) is 1.39. The molecular formula is C6H5N3S. The van der Waals surface area contributed by atoms with Gasteiger partial charge < -0.3 is 0 Å². The largest absolute Gasteiger partial charge is 0.200 e. The lowest BCUT2D eigenvalue weighted by Crippen LogP contribution is -1.83. The number of hydrogen-bond acceptors (Lipinski definition) is 4. The highest BCUT2D eigenvalue weighted by molar-refractivity contribution is 7.13. The van der Waals surface area contributed by atoms with Crippen molar-refractivity contribution in [2.75, 3.05) is 0 Å². The number of hydrogen-bond donors (Lipinski definition) is 0. The summed E-state index contributed by atoms with van der Waals surface area (Å²) in [7, 11) is 0. The molecule has 0 atom stereocenters. The molecule has 0 fully saturated rings. The molecule has 0 unspecified atom stereocenters. The molecule has 3 nitrogen and oxygen atoms in total. The standard InChI is InChI=1S/C6H5N3S/c1-4-5-2-8-10-6(5)3-7-9-4/h2-3H,1H3. The highest BCUT2D eigenvalue weighted by Crippen LogP contribution is 2.17. The average Bonchev–Trinajstić information content (AvgIpc) is 2.36. The summed E-state index contributed by atoms with van der Waals surface area (Å²) in [5, 5.41) is 8.81. The van der Waals surface area contributed by atoms with Crippen LogP contribution in [0.2, 0.25) is 0 Å². The van der Waals surface area contributed by atoms with Crippen LogP contribution in [0.3, 0.4) is 0 Å². The minimum absolute atomic E-state index is 0.950. The smallest absolute Gasteiger partial charge is 0.0770 e. The van der Waals surface area contributed by atoms with E-state index >= 15 is 0 Å². The van der Waals surface area contributed by atoms with Crippen molar-refractivity contribution in [1.29, 1.82) is 0 Å². The summed E-state index contributed by atoms with van der Waals surface area (Å²) in [6, 6.07) is 0. The summed E-state index contributed by atoms with van der Waals surface area (Å²) in [5.41, 5.74) is 0.950. The topological polar surface area (TPSA) is 38.7 Å². The molecule has 10 heavy (non-hydrogen) atoms. The average molecular weight is 151 g/mol. The molecule has 0 saturated carbocycles. The van der Waals surface area contributed by atoms with E-state index < -0.39 is 0 Å². The highest BCUT2D eigenvalue weighted by Gasteiger charge is 1.98. The maximum absolute atomic E-state index is 4.02. The molecule has 0 bridgehead atoms. The number of fused-ring (bicyclic) bond motifs is 1. The summed E-state index contributed by atoms with van der Waals surface area (Å²) >= 11 is 1.45. The molecular weight excluding hydrogens is 146 g/mol. The van der Waals surface area contributed by atoms with E-state index in [-0.39, 0.29) is 0 Å². The van der Waals surface area contributed by atoms with Crippen molar-refractivity contribution in [1.82, 2.24) is 14.6 Å². The first-order chi connectivity index (χ1) is 4.88. The van der Waals surface area contributed by atoms with Crippen LogP contribution in [0.15, 0.2) is 12.4 Å². The quantitative estimate of drug-likeness (QED) is 0.571. The second-order valence-electron chi connectivity index (χ2n) is 2.03. The first-order valence-corrected chi connectivity index (χ1v) is 3.68. The van der Waals surface area contributed by atoms with Gasteiger partial charge in [-0.1, -0.05) is 0 Å². The third kappa shape index (κ3) is 0.690. The van der Waals surface area contributed by atoms with Crippen LogP contribution in [0, 0.1) is 6.92 Å². The van der Waals surface area contributed by atoms with Crippen molar-refractivity contribution >= 4 is 21.6 Å². The van der Waals surface area contributed by atoms with Gasteiger partial charge in [0.05, 0.1) is 22.8 Å². The maximum Gasteiger partial charge on any atom is 0.0770 e. The van der Waals surface area contributed by atoms with Gasteiger partial charge >= 0.3 is 0 Å². The van der Waals surface area contributed by atoms with E-state index in [9.17, 15) is 0 Å². The normalized spacial score (nSPS) is 10.5.